The zero-order valence-electron chi connectivity index (χ0n) is 9.45. The minimum absolute atomic E-state index is 0.0236. The number of hydrogen-bond donors (Lipinski definition) is 1. The quantitative estimate of drug-likeness (QED) is 0.817. The fourth-order valence-corrected chi connectivity index (χ4v) is 1.16. The highest BCUT2D eigenvalue weighted by molar-refractivity contribution is 5.76. The van der Waals surface area contributed by atoms with Crippen molar-refractivity contribution in [2.24, 2.45) is 5.41 Å². The Morgan fingerprint density at radius 2 is 2.20 bits per heavy atom. The van der Waals surface area contributed by atoms with Gasteiger partial charge < -0.3 is 5.32 Å². The van der Waals surface area contributed by atoms with E-state index in [1.165, 1.54) is 6.33 Å². The molecule has 0 spiro atoms. The Morgan fingerprint density at radius 3 is 2.73 bits per heavy atom. The third-order valence-electron chi connectivity index (χ3n) is 1.80. The first-order valence-corrected chi connectivity index (χ1v) is 4.99. The first-order valence-electron chi connectivity index (χ1n) is 4.99. The molecule has 0 bridgehead atoms. The summed E-state index contributed by atoms with van der Waals surface area (Å²) in [5.41, 5.74) is 0.850. The summed E-state index contributed by atoms with van der Waals surface area (Å²) >= 11 is 0. The fraction of sp³-hybridized carbons (Fsp3) is 0.545. The van der Waals surface area contributed by atoms with Crippen LogP contribution in [0.1, 0.15) is 32.9 Å². The molecule has 15 heavy (non-hydrogen) atoms. The molecule has 0 aliphatic rings. The maximum absolute atomic E-state index is 11.5. The summed E-state index contributed by atoms with van der Waals surface area (Å²) in [4.78, 5) is 19.3. The number of amides is 1. The van der Waals surface area contributed by atoms with Crippen molar-refractivity contribution in [3.05, 3.63) is 24.3 Å². The van der Waals surface area contributed by atoms with Crippen molar-refractivity contribution >= 4 is 5.91 Å². The van der Waals surface area contributed by atoms with Crippen LogP contribution in [0.25, 0.3) is 0 Å². The molecule has 1 rings (SSSR count). The van der Waals surface area contributed by atoms with Crippen LogP contribution in [0.4, 0.5) is 0 Å². The Morgan fingerprint density at radius 1 is 1.47 bits per heavy atom. The van der Waals surface area contributed by atoms with Gasteiger partial charge in [-0.3, -0.25) is 4.79 Å². The summed E-state index contributed by atoms with van der Waals surface area (Å²) < 4.78 is 0. The summed E-state index contributed by atoms with van der Waals surface area (Å²) in [6.45, 7) is 6.59. The first kappa shape index (κ1) is 11.6. The average Bonchev–Trinajstić information content (AvgIpc) is 2.14. The largest absolute Gasteiger partial charge is 0.350 e. The zero-order valence-corrected chi connectivity index (χ0v) is 9.45. The Labute approximate surface area is 90.1 Å². The van der Waals surface area contributed by atoms with Crippen LogP contribution in [0.15, 0.2) is 18.6 Å². The normalized spacial score (nSPS) is 11.1. The molecule has 1 amide bonds. The second-order valence-corrected chi connectivity index (χ2v) is 4.71. The van der Waals surface area contributed by atoms with Gasteiger partial charge in [-0.15, -0.1) is 0 Å². The summed E-state index contributed by atoms with van der Waals surface area (Å²) in [6.07, 6.45) is 3.67. The Balaban J connectivity index is 2.35. The van der Waals surface area contributed by atoms with Gasteiger partial charge in [-0.05, 0) is 11.5 Å². The highest BCUT2D eigenvalue weighted by atomic mass is 16.1. The number of hydrogen-bond acceptors (Lipinski definition) is 3. The second kappa shape index (κ2) is 4.87. The molecule has 0 saturated heterocycles. The maximum Gasteiger partial charge on any atom is 0.220 e. The molecule has 1 aromatic rings. The number of rotatable bonds is 3. The van der Waals surface area contributed by atoms with Gasteiger partial charge in [0.25, 0.3) is 0 Å². The molecule has 0 radical (unpaired) electrons. The van der Waals surface area contributed by atoms with E-state index in [0.29, 0.717) is 13.0 Å². The molecule has 82 valence electrons. The van der Waals surface area contributed by atoms with E-state index < -0.39 is 0 Å². The molecule has 0 aliphatic heterocycles. The third-order valence-corrected chi connectivity index (χ3v) is 1.80. The number of aromatic nitrogens is 2. The van der Waals surface area contributed by atoms with Gasteiger partial charge in [0, 0.05) is 12.6 Å². The lowest BCUT2D eigenvalue weighted by Crippen LogP contribution is -2.27. The number of carbonyl (C=O) groups is 1. The Kier molecular flexibility index (Phi) is 3.77. The van der Waals surface area contributed by atoms with Gasteiger partial charge in [0.1, 0.15) is 6.33 Å². The van der Waals surface area contributed by atoms with Crippen LogP contribution in [0.3, 0.4) is 0 Å². The standard InChI is InChI=1S/C11H17N3O/c1-11(2,3)6-10(15)13-7-9-4-5-12-8-14-9/h4-5,8H,6-7H2,1-3H3,(H,13,15). The van der Waals surface area contributed by atoms with E-state index in [2.05, 4.69) is 15.3 Å². The van der Waals surface area contributed by atoms with Crippen molar-refractivity contribution in [1.82, 2.24) is 15.3 Å². The number of nitrogens with one attached hydrogen (secondary N) is 1. The van der Waals surface area contributed by atoms with Crippen LogP contribution in [0.2, 0.25) is 0 Å². The molecule has 1 N–H and O–H groups in total. The van der Waals surface area contributed by atoms with E-state index in [1.54, 1.807) is 12.3 Å². The van der Waals surface area contributed by atoms with Crippen LogP contribution in [-0.2, 0) is 11.3 Å². The van der Waals surface area contributed by atoms with Gasteiger partial charge >= 0.3 is 0 Å². The highest BCUT2D eigenvalue weighted by Gasteiger charge is 2.15. The molecule has 0 aliphatic carbocycles. The molecule has 4 heteroatoms. The molecule has 0 fully saturated rings. The lowest BCUT2D eigenvalue weighted by molar-refractivity contribution is -0.122. The van der Waals surface area contributed by atoms with Crippen LogP contribution in [0, 0.1) is 5.41 Å². The minimum atomic E-state index is 0.0236. The molecule has 0 atom stereocenters. The van der Waals surface area contributed by atoms with E-state index in [-0.39, 0.29) is 11.3 Å². The fourth-order valence-electron chi connectivity index (χ4n) is 1.16. The van der Waals surface area contributed by atoms with Crippen molar-refractivity contribution in [3.8, 4) is 0 Å². The molecule has 4 nitrogen and oxygen atoms in total. The molecule has 0 saturated carbocycles. The smallest absolute Gasteiger partial charge is 0.220 e. The lowest BCUT2D eigenvalue weighted by atomic mass is 9.92. The Hall–Kier alpha value is -1.45. The zero-order chi connectivity index (χ0) is 11.3. The van der Waals surface area contributed by atoms with Gasteiger partial charge in [0.2, 0.25) is 5.91 Å². The van der Waals surface area contributed by atoms with Crippen LogP contribution in [0.5, 0.6) is 0 Å². The molecular formula is C11H17N3O. The van der Waals surface area contributed by atoms with Crippen molar-refractivity contribution < 1.29 is 4.79 Å². The van der Waals surface area contributed by atoms with Crippen molar-refractivity contribution in [3.63, 3.8) is 0 Å². The predicted octanol–water partition coefficient (Wildman–Crippen LogP) is 1.53. The topological polar surface area (TPSA) is 54.9 Å². The lowest BCUT2D eigenvalue weighted by Gasteiger charge is -2.17. The van der Waals surface area contributed by atoms with E-state index in [1.807, 2.05) is 20.8 Å². The monoisotopic (exact) mass is 207 g/mol. The van der Waals surface area contributed by atoms with E-state index in [4.69, 9.17) is 0 Å². The summed E-state index contributed by atoms with van der Waals surface area (Å²) in [5, 5.41) is 2.83. The molecule has 0 aromatic carbocycles. The summed E-state index contributed by atoms with van der Waals surface area (Å²) in [6, 6.07) is 1.79. The molecule has 1 heterocycles. The maximum atomic E-state index is 11.5. The van der Waals surface area contributed by atoms with Gasteiger partial charge in [-0.2, -0.15) is 0 Å². The van der Waals surface area contributed by atoms with Crippen molar-refractivity contribution in [2.75, 3.05) is 0 Å². The summed E-state index contributed by atoms with van der Waals surface area (Å²) in [7, 11) is 0. The predicted molar refractivity (Wildman–Crippen MR) is 58.0 cm³/mol. The SMILES string of the molecule is CC(C)(C)CC(=O)NCc1ccncn1. The highest BCUT2D eigenvalue weighted by Crippen LogP contribution is 2.17. The molecule has 1 aromatic heterocycles. The van der Waals surface area contributed by atoms with E-state index in [9.17, 15) is 4.79 Å². The number of nitrogens with zero attached hydrogens (tertiary/aromatic N) is 2. The van der Waals surface area contributed by atoms with Crippen LogP contribution >= 0.6 is 0 Å². The molecule has 0 unspecified atom stereocenters. The van der Waals surface area contributed by atoms with Crippen molar-refractivity contribution in [2.45, 2.75) is 33.7 Å². The third kappa shape index (κ3) is 5.10. The average molecular weight is 207 g/mol. The number of carbonyl (C=O) groups excluding carboxylic acids is 1. The van der Waals surface area contributed by atoms with Crippen molar-refractivity contribution in [1.29, 1.82) is 0 Å². The van der Waals surface area contributed by atoms with Crippen LogP contribution in [-0.4, -0.2) is 15.9 Å². The van der Waals surface area contributed by atoms with E-state index >= 15 is 0 Å². The summed E-state index contributed by atoms with van der Waals surface area (Å²) in [5.74, 6) is 0.0566. The Bertz CT molecular complexity index is 316. The van der Waals surface area contributed by atoms with Crippen LogP contribution < -0.4 is 5.32 Å². The molecular weight excluding hydrogens is 190 g/mol. The second-order valence-electron chi connectivity index (χ2n) is 4.71. The minimum Gasteiger partial charge on any atom is -0.350 e. The van der Waals surface area contributed by atoms with E-state index in [0.717, 1.165) is 5.69 Å². The van der Waals surface area contributed by atoms with Gasteiger partial charge in [0.15, 0.2) is 0 Å². The van der Waals surface area contributed by atoms with Gasteiger partial charge in [-0.1, -0.05) is 20.8 Å². The van der Waals surface area contributed by atoms with Gasteiger partial charge in [0.05, 0.1) is 12.2 Å². The van der Waals surface area contributed by atoms with Gasteiger partial charge in [-0.25, -0.2) is 9.97 Å². The first-order chi connectivity index (χ1) is 6.97.